The molecule has 2 heterocycles. The summed E-state index contributed by atoms with van der Waals surface area (Å²) in [6.45, 7) is 1.66. The molecular formula is C21H19N3O3. The number of furan rings is 1. The van der Waals surface area contributed by atoms with E-state index in [1.54, 1.807) is 12.1 Å². The second-order valence-electron chi connectivity index (χ2n) is 6.38. The Hall–Kier alpha value is -3.54. The first-order valence-corrected chi connectivity index (χ1v) is 8.72. The third-order valence-electron chi connectivity index (χ3n) is 4.51. The number of carbonyl (C=O) groups is 2. The molecule has 1 aliphatic heterocycles. The summed E-state index contributed by atoms with van der Waals surface area (Å²) in [5.74, 6) is -0.533. The monoisotopic (exact) mass is 361 g/mol. The third-order valence-corrected chi connectivity index (χ3v) is 4.51. The number of rotatable bonds is 5. The van der Waals surface area contributed by atoms with Crippen LogP contribution in [-0.4, -0.2) is 18.4 Å². The Morgan fingerprint density at radius 3 is 2.26 bits per heavy atom. The zero-order valence-electron chi connectivity index (χ0n) is 14.6. The van der Waals surface area contributed by atoms with Gasteiger partial charge in [-0.05, 0) is 47.5 Å². The molecule has 3 aromatic rings. The molecule has 0 fully saturated rings. The van der Waals surface area contributed by atoms with Gasteiger partial charge in [-0.25, -0.2) is 0 Å². The van der Waals surface area contributed by atoms with E-state index in [2.05, 4.69) is 39.8 Å². The van der Waals surface area contributed by atoms with Crippen molar-refractivity contribution < 1.29 is 14.0 Å². The molecule has 27 heavy (non-hydrogen) atoms. The minimum Gasteiger partial charge on any atom is -0.459 e. The van der Waals surface area contributed by atoms with E-state index in [1.807, 2.05) is 24.3 Å². The third kappa shape index (κ3) is 3.84. The Morgan fingerprint density at radius 2 is 1.63 bits per heavy atom. The van der Waals surface area contributed by atoms with Crippen LogP contribution < -0.4 is 15.5 Å². The smallest absolute Gasteiger partial charge is 0.287 e. The topological polar surface area (TPSA) is 74.6 Å². The van der Waals surface area contributed by atoms with Gasteiger partial charge in [0.15, 0.2) is 5.76 Å². The van der Waals surface area contributed by atoms with Gasteiger partial charge in [0.2, 0.25) is 5.91 Å². The minimum absolute atomic E-state index is 0.122. The number of anilines is 2. The van der Waals surface area contributed by atoms with E-state index in [0.717, 1.165) is 18.8 Å². The van der Waals surface area contributed by atoms with Crippen LogP contribution in [0.4, 0.5) is 11.4 Å². The SMILES string of the molecule is O=C(CNC(=O)c1ccco1)Nc1ccc(N2Cc3ccccc3C2)cc1. The van der Waals surface area contributed by atoms with Crippen LogP contribution in [0.25, 0.3) is 0 Å². The van der Waals surface area contributed by atoms with Gasteiger partial charge in [0.25, 0.3) is 5.91 Å². The van der Waals surface area contributed by atoms with Crippen molar-refractivity contribution in [1.29, 1.82) is 0 Å². The molecule has 0 spiro atoms. The van der Waals surface area contributed by atoms with Crippen molar-refractivity contribution in [2.24, 2.45) is 0 Å². The lowest BCUT2D eigenvalue weighted by Crippen LogP contribution is -2.32. The summed E-state index contributed by atoms with van der Waals surface area (Å²) >= 11 is 0. The second kappa shape index (κ2) is 7.37. The summed E-state index contributed by atoms with van der Waals surface area (Å²) in [6.07, 6.45) is 1.41. The zero-order valence-corrected chi connectivity index (χ0v) is 14.6. The average molecular weight is 361 g/mol. The summed E-state index contributed by atoms with van der Waals surface area (Å²) in [4.78, 5) is 26.1. The van der Waals surface area contributed by atoms with E-state index in [0.29, 0.717) is 5.69 Å². The maximum absolute atomic E-state index is 12.0. The van der Waals surface area contributed by atoms with Crippen molar-refractivity contribution in [3.63, 3.8) is 0 Å². The zero-order chi connectivity index (χ0) is 18.6. The van der Waals surface area contributed by atoms with E-state index >= 15 is 0 Å². The van der Waals surface area contributed by atoms with Crippen LogP contribution in [0.2, 0.25) is 0 Å². The van der Waals surface area contributed by atoms with Crippen molar-refractivity contribution in [2.45, 2.75) is 13.1 Å². The Kier molecular flexibility index (Phi) is 4.61. The van der Waals surface area contributed by atoms with Crippen LogP contribution in [0.3, 0.4) is 0 Å². The van der Waals surface area contributed by atoms with Crippen molar-refractivity contribution in [2.75, 3.05) is 16.8 Å². The molecular weight excluding hydrogens is 342 g/mol. The van der Waals surface area contributed by atoms with Crippen LogP contribution >= 0.6 is 0 Å². The standard InChI is InChI=1S/C21H19N3O3/c25-20(12-22-21(26)19-6-3-11-27-19)23-17-7-9-18(10-8-17)24-13-15-4-1-2-5-16(15)14-24/h1-11H,12-14H2,(H,22,26)(H,23,25). The summed E-state index contributed by atoms with van der Waals surface area (Å²) < 4.78 is 4.98. The molecule has 0 saturated carbocycles. The van der Waals surface area contributed by atoms with Gasteiger partial charge in [-0.2, -0.15) is 0 Å². The van der Waals surface area contributed by atoms with Crippen LogP contribution in [0.15, 0.2) is 71.3 Å². The largest absolute Gasteiger partial charge is 0.459 e. The summed E-state index contributed by atoms with van der Waals surface area (Å²) in [5.41, 5.74) is 4.49. The number of fused-ring (bicyclic) bond motifs is 1. The molecule has 4 rings (SSSR count). The summed E-state index contributed by atoms with van der Waals surface area (Å²) in [6, 6.07) is 19.3. The van der Waals surface area contributed by atoms with Crippen molar-refractivity contribution >= 4 is 23.2 Å². The van der Waals surface area contributed by atoms with Crippen LogP contribution in [0.1, 0.15) is 21.7 Å². The molecule has 6 heteroatoms. The fraction of sp³-hybridized carbons (Fsp3) is 0.143. The van der Waals surface area contributed by atoms with Gasteiger partial charge in [-0.1, -0.05) is 24.3 Å². The minimum atomic E-state index is -0.418. The molecule has 0 radical (unpaired) electrons. The van der Waals surface area contributed by atoms with Gasteiger partial charge in [0.1, 0.15) is 0 Å². The van der Waals surface area contributed by atoms with E-state index in [-0.39, 0.29) is 18.2 Å². The first-order chi connectivity index (χ1) is 13.2. The fourth-order valence-electron chi connectivity index (χ4n) is 3.13. The molecule has 0 atom stereocenters. The molecule has 2 aromatic carbocycles. The van der Waals surface area contributed by atoms with Gasteiger partial charge >= 0.3 is 0 Å². The van der Waals surface area contributed by atoms with E-state index < -0.39 is 5.91 Å². The van der Waals surface area contributed by atoms with E-state index in [9.17, 15) is 9.59 Å². The second-order valence-corrected chi connectivity index (χ2v) is 6.38. The van der Waals surface area contributed by atoms with Crippen LogP contribution in [0.5, 0.6) is 0 Å². The molecule has 2 amide bonds. The maximum Gasteiger partial charge on any atom is 0.287 e. The average Bonchev–Trinajstić information content (AvgIpc) is 3.36. The van der Waals surface area contributed by atoms with Crippen molar-refractivity contribution in [3.05, 3.63) is 83.8 Å². The summed E-state index contributed by atoms with van der Waals surface area (Å²) in [5, 5.41) is 5.29. The molecule has 0 bridgehead atoms. The molecule has 0 aliphatic carbocycles. The summed E-state index contributed by atoms with van der Waals surface area (Å²) in [7, 11) is 0. The number of hydrogen-bond donors (Lipinski definition) is 2. The Morgan fingerprint density at radius 1 is 0.926 bits per heavy atom. The molecule has 0 saturated heterocycles. The lowest BCUT2D eigenvalue weighted by atomic mass is 10.1. The van der Waals surface area contributed by atoms with Crippen molar-refractivity contribution in [1.82, 2.24) is 5.32 Å². The predicted molar refractivity (Wildman–Crippen MR) is 102 cm³/mol. The Balaban J connectivity index is 1.30. The van der Waals surface area contributed by atoms with Crippen LogP contribution in [-0.2, 0) is 17.9 Å². The number of carbonyl (C=O) groups excluding carboxylic acids is 2. The quantitative estimate of drug-likeness (QED) is 0.732. The molecule has 0 unspecified atom stereocenters. The van der Waals surface area contributed by atoms with Crippen molar-refractivity contribution in [3.8, 4) is 0 Å². The highest BCUT2D eigenvalue weighted by Gasteiger charge is 2.18. The highest BCUT2D eigenvalue weighted by molar-refractivity contribution is 5.98. The number of nitrogens with zero attached hydrogens (tertiary/aromatic N) is 1. The Bertz CT molecular complexity index is 924. The Labute approximate surface area is 156 Å². The van der Waals surface area contributed by atoms with E-state index in [4.69, 9.17) is 4.42 Å². The lowest BCUT2D eigenvalue weighted by Gasteiger charge is -2.18. The number of nitrogens with one attached hydrogen (secondary N) is 2. The maximum atomic E-state index is 12.0. The number of hydrogen-bond acceptors (Lipinski definition) is 4. The normalized spacial score (nSPS) is 12.5. The first-order valence-electron chi connectivity index (χ1n) is 8.72. The molecule has 2 N–H and O–H groups in total. The van der Waals surface area contributed by atoms with E-state index in [1.165, 1.54) is 17.4 Å². The molecule has 6 nitrogen and oxygen atoms in total. The molecule has 1 aliphatic rings. The molecule has 136 valence electrons. The van der Waals surface area contributed by atoms with Gasteiger partial charge in [0, 0.05) is 24.5 Å². The van der Waals surface area contributed by atoms with Gasteiger partial charge in [-0.15, -0.1) is 0 Å². The fourth-order valence-corrected chi connectivity index (χ4v) is 3.13. The lowest BCUT2D eigenvalue weighted by molar-refractivity contribution is -0.115. The number of benzene rings is 2. The van der Waals surface area contributed by atoms with Gasteiger partial charge in [-0.3, -0.25) is 9.59 Å². The number of amides is 2. The van der Waals surface area contributed by atoms with Gasteiger partial charge < -0.3 is 20.0 Å². The molecule has 1 aromatic heterocycles. The first kappa shape index (κ1) is 16.9. The van der Waals surface area contributed by atoms with Crippen LogP contribution in [0, 0.1) is 0 Å². The van der Waals surface area contributed by atoms with Gasteiger partial charge in [0.05, 0.1) is 12.8 Å². The highest BCUT2D eigenvalue weighted by atomic mass is 16.3. The highest BCUT2D eigenvalue weighted by Crippen LogP contribution is 2.28. The predicted octanol–water partition coefficient (Wildman–Crippen LogP) is 3.17.